The van der Waals surface area contributed by atoms with Crippen LogP contribution in [0.25, 0.3) is 0 Å². The van der Waals surface area contributed by atoms with Gasteiger partial charge in [0, 0.05) is 19.5 Å². The molecular weight excluding hydrogens is 380 g/mol. The smallest absolute Gasteiger partial charge is 0.320 e. The number of hydrogen-bond acceptors (Lipinski definition) is 4. The predicted molar refractivity (Wildman–Crippen MR) is 116 cm³/mol. The minimum atomic E-state index is -0.432. The molecule has 1 aliphatic heterocycles. The van der Waals surface area contributed by atoms with Crippen LogP contribution in [0, 0.1) is 5.92 Å². The largest absolute Gasteiger partial charge is 0.487 e. The Morgan fingerprint density at radius 3 is 2.50 bits per heavy atom. The second-order valence-electron chi connectivity index (χ2n) is 9.66. The molecule has 0 aromatic heterocycles. The molecule has 2 fully saturated rings. The van der Waals surface area contributed by atoms with Crippen molar-refractivity contribution in [1.29, 1.82) is 0 Å². The number of benzene rings is 1. The van der Waals surface area contributed by atoms with Crippen molar-refractivity contribution in [2.45, 2.75) is 77.0 Å². The Kier molecular flexibility index (Phi) is 7.27. The Labute approximate surface area is 180 Å². The second-order valence-corrected chi connectivity index (χ2v) is 9.66. The van der Waals surface area contributed by atoms with Crippen LogP contribution in [0.4, 0.5) is 4.79 Å². The van der Waals surface area contributed by atoms with Crippen LogP contribution in [0.1, 0.15) is 59.3 Å². The molecule has 0 bridgehead atoms. The summed E-state index contributed by atoms with van der Waals surface area (Å²) >= 11 is 0. The number of para-hydroxylation sites is 1. The molecule has 1 saturated heterocycles. The van der Waals surface area contributed by atoms with Gasteiger partial charge in [0.05, 0.1) is 13.1 Å². The molecule has 2 aliphatic rings. The standard InChI is InChI=1S/C24H36N2O4/c1-24(2,3)30-22(27)14-13-18-9-8-10-19(15-18)25(4)23(28)26-16-21(17-26)29-20-11-6-5-7-12-20/h5-7,11-12,18-19,21H,8-10,13-17H2,1-4H3/t18?,19-/m1/s1. The minimum Gasteiger partial charge on any atom is -0.487 e. The van der Waals surface area contributed by atoms with Crippen LogP contribution in [0.15, 0.2) is 30.3 Å². The Bertz CT molecular complexity index is 710. The van der Waals surface area contributed by atoms with Crippen molar-refractivity contribution in [2.75, 3.05) is 20.1 Å². The van der Waals surface area contributed by atoms with Crippen LogP contribution >= 0.6 is 0 Å². The first kappa shape index (κ1) is 22.4. The van der Waals surface area contributed by atoms with Crippen LogP contribution < -0.4 is 4.74 Å². The van der Waals surface area contributed by atoms with Crippen molar-refractivity contribution in [1.82, 2.24) is 9.80 Å². The number of carbonyl (C=O) groups is 2. The van der Waals surface area contributed by atoms with E-state index < -0.39 is 5.60 Å². The summed E-state index contributed by atoms with van der Waals surface area (Å²) in [6.07, 6.45) is 5.57. The molecule has 1 saturated carbocycles. The molecule has 1 aromatic rings. The summed E-state index contributed by atoms with van der Waals surface area (Å²) in [4.78, 5) is 28.7. The van der Waals surface area contributed by atoms with E-state index in [1.165, 1.54) is 0 Å². The molecule has 166 valence electrons. The molecule has 0 N–H and O–H groups in total. The molecule has 2 amide bonds. The molecule has 1 heterocycles. The second kappa shape index (κ2) is 9.71. The van der Waals surface area contributed by atoms with Gasteiger partial charge in [-0.15, -0.1) is 0 Å². The van der Waals surface area contributed by atoms with Crippen molar-refractivity contribution < 1.29 is 19.1 Å². The summed E-state index contributed by atoms with van der Waals surface area (Å²) in [5.41, 5.74) is -0.432. The van der Waals surface area contributed by atoms with E-state index in [1.807, 2.05) is 68.0 Å². The van der Waals surface area contributed by atoms with Crippen molar-refractivity contribution in [3.8, 4) is 5.75 Å². The molecule has 3 rings (SSSR count). The fraction of sp³-hybridized carbons (Fsp3) is 0.667. The fourth-order valence-electron chi connectivity index (χ4n) is 4.33. The first-order valence-corrected chi connectivity index (χ1v) is 11.2. The molecule has 6 nitrogen and oxygen atoms in total. The lowest BCUT2D eigenvalue weighted by molar-refractivity contribution is -0.155. The monoisotopic (exact) mass is 416 g/mol. The number of esters is 1. The SMILES string of the molecule is CN(C(=O)N1CC(Oc2ccccc2)C1)[C@@H]1CCCC(CCC(=O)OC(C)(C)C)C1. The molecule has 1 aromatic carbocycles. The third-order valence-electron chi connectivity index (χ3n) is 5.95. The lowest BCUT2D eigenvalue weighted by Gasteiger charge is -2.43. The Hall–Kier alpha value is -2.24. The maximum Gasteiger partial charge on any atom is 0.320 e. The van der Waals surface area contributed by atoms with Crippen LogP contribution in [0.5, 0.6) is 5.75 Å². The highest BCUT2D eigenvalue weighted by molar-refractivity contribution is 5.75. The highest BCUT2D eigenvalue weighted by atomic mass is 16.6. The molecule has 6 heteroatoms. The molecule has 0 radical (unpaired) electrons. The molecular formula is C24H36N2O4. The van der Waals surface area contributed by atoms with Crippen molar-refractivity contribution in [2.24, 2.45) is 5.92 Å². The maximum atomic E-state index is 12.9. The number of amides is 2. The van der Waals surface area contributed by atoms with Crippen LogP contribution in [-0.4, -0.2) is 59.7 Å². The van der Waals surface area contributed by atoms with E-state index >= 15 is 0 Å². The third-order valence-corrected chi connectivity index (χ3v) is 5.95. The summed E-state index contributed by atoms with van der Waals surface area (Å²) in [7, 11) is 1.91. The molecule has 2 atom stereocenters. The lowest BCUT2D eigenvalue weighted by Crippen LogP contribution is -2.60. The Morgan fingerprint density at radius 1 is 1.13 bits per heavy atom. The topological polar surface area (TPSA) is 59.1 Å². The van der Waals surface area contributed by atoms with Crippen molar-refractivity contribution >= 4 is 12.0 Å². The van der Waals surface area contributed by atoms with Gasteiger partial charge < -0.3 is 19.3 Å². The zero-order valence-electron chi connectivity index (χ0n) is 18.8. The zero-order valence-corrected chi connectivity index (χ0v) is 18.8. The minimum absolute atomic E-state index is 0.0673. The fourth-order valence-corrected chi connectivity index (χ4v) is 4.33. The number of carbonyl (C=O) groups excluding carboxylic acids is 2. The summed E-state index contributed by atoms with van der Waals surface area (Å²) < 4.78 is 11.3. The van der Waals surface area contributed by atoms with Crippen LogP contribution in [0.2, 0.25) is 0 Å². The van der Waals surface area contributed by atoms with Crippen LogP contribution in [0.3, 0.4) is 0 Å². The van der Waals surface area contributed by atoms with Gasteiger partial charge in [0.1, 0.15) is 17.5 Å². The maximum absolute atomic E-state index is 12.9. The van der Waals surface area contributed by atoms with Gasteiger partial charge in [-0.1, -0.05) is 31.0 Å². The van der Waals surface area contributed by atoms with Crippen LogP contribution in [-0.2, 0) is 9.53 Å². The van der Waals surface area contributed by atoms with Gasteiger partial charge >= 0.3 is 12.0 Å². The van der Waals surface area contributed by atoms with Gasteiger partial charge in [-0.25, -0.2) is 4.79 Å². The van der Waals surface area contributed by atoms with E-state index in [0.29, 0.717) is 25.4 Å². The Balaban J connectivity index is 1.41. The normalized spacial score (nSPS) is 22.2. The van der Waals surface area contributed by atoms with Gasteiger partial charge in [0.15, 0.2) is 0 Å². The summed E-state index contributed by atoms with van der Waals surface area (Å²) in [5, 5.41) is 0. The summed E-state index contributed by atoms with van der Waals surface area (Å²) in [6, 6.07) is 10.1. The highest BCUT2D eigenvalue weighted by Crippen LogP contribution is 2.31. The van der Waals surface area contributed by atoms with Gasteiger partial charge in [-0.3, -0.25) is 4.79 Å². The van der Waals surface area contributed by atoms with Crippen molar-refractivity contribution in [3.05, 3.63) is 30.3 Å². The first-order chi connectivity index (χ1) is 14.2. The van der Waals surface area contributed by atoms with E-state index in [9.17, 15) is 9.59 Å². The van der Waals surface area contributed by atoms with Gasteiger partial charge in [-0.2, -0.15) is 0 Å². The third kappa shape index (κ3) is 6.38. The summed E-state index contributed by atoms with van der Waals surface area (Å²) in [5.74, 6) is 1.19. The van der Waals surface area contributed by atoms with Gasteiger partial charge in [-0.05, 0) is 58.1 Å². The van der Waals surface area contributed by atoms with Gasteiger partial charge in [0.2, 0.25) is 0 Å². The van der Waals surface area contributed by atoms with E-state index in [-0.39, 0.29) is 24.1 Å². The number of likely N-dealkylation sites (tertiary alicyclic amines) is 1. The summed E-state index contributed by atoms with van der Waals surface area (Å²) in [6.45, 7) is 6.95. The van der Waals surface area contributed by atoms with E-state index in [1.54, 1.807) is 0 Å². The van der Waals surface area contributed by atoms with Crippen molar-refractivity contribution in [3.63, 3.8) is 0 Å². The lowest BCUT2D eigenvalue weighted by atomic mass is 9.82. The molecule has 1 unspecified atom stereocenters. The number of ether oxygens (including phenoxy) is 2. The van der Waals surface area contributed by atoms with Gasteiger partial charge in [0.25, 0.3) is 0 Å². The average molecular weight is 417 g/mol. The quantitative estimate of drug-likeness (QED) is 0.642. The van der Waals surface area contributed by atoms with E-state index in [0.717, 1.165) is 37.9 Å². The molecule has 30 heavy (non-hydrogen) atoms. The number of hydrogen-bond donors (Lipinski definition) is 0. The number of urea groups is 1. The molecule has 1 aliphatic carbocycles. The van der Waals surface area contributed by atoms with E-state index in [2.05, 4.69) is 0 Å². The Morgan fingerprint density at radius 2 is 1.83 bits per heavy atom. The highest BCUT2D eigenvalue weighted by Gasteiger charge is 2.37. The van der Waals surface area contributed by atoms with E-state index in [4.69, 9.17) is 9.47 Å². The molecule has 0 spiro atoms. The predicted octanol–water partition coefficient (Wildman–Crippen LogP) is 4.48. The zero-order chi connectivity index (χ0) is 21.7. The first-order valence-electron chi connectivity index (χ1n) is 11.2. The number of rotatable bonds is 6. The average Bonchev–Trinajstić information content (AvgIpc) is 2.67. The number of nitrogens with zero attached hydrogens (tertiary/aromatic N) is 2.